The van der Waals surface area contributed by atoms with Crippen molar-refractivity contribution in [2.45, 2.75) is 244 Å². The minimum absolute atomic E-state index is 0.000554. The van der Waals surface area contributed by atoms with Gasteiger partial charge in [-0.1, -0.05) is 205 Å². The van der Waals surface area contributed by atoms with Crippen LogP contribution in [0, 0.1) is 0 Å². The molecule has 0 aromatic heterocycles. The zero-order valence-corrected chi connectivity index (χ0v) is 39.9. The van der Waals surface area contributed by atoms with E-state index in [1.54, 1.807) is 6.08 Å². The van der Waals surface area contributed by atoms with E-state index in [-0.39, 0.29) is 19.1 Å². The second-order valence-corrected chi connectivity index (χ2v) is 19.6. The molecule has 0 spiro atoms. The molecule has 0 rings (SSSR count). The zero-order chi connectivity index (χ0) is 42.8. The number of carbonyl (C=O) groups excluding carboxylic acids is 1. The molecule has 2 N–H and O–H groups in total. The van der Waals surface area contributed by atoms with Crippen LogP contribution in [0.25, 0.3) is 0 Å². The molecule has 0 radical (unpaired) electrons. The Balaban J connectivity index is 4.32. The Morgan fingerprint density at radius 3 is 1.36 bits per heavy atom. The number of carbonyl (C=O) groups is 1. The molecule has 0 bridgehead atoms. The summed E-state index contributed by atoms with van der Waals surface area (Å²) in [6.45, 7) is 4.65. The Morgan fingerprint density at radius 2 is 0.948 bits per heavy atom. The van der Waals surface area contributed by atoms with Crippen molar-refractivity contribution in [3.63, 3.8) is 0 Å². The first-order valence-electron chi connectivity index (χ1n) is 24.7. The van der Waals surface area contributed by atoms with Crippen molar-refractivity contribution in [3.8, 4) is 0 Å². The van der Waals surface area contributed by atoms with Crippen LogP contribution in [0.1, 0.15) is 232 Å². The lowest BCUT2D eigenvalue weighted by molar-refractivity contribution is -0.870. The van der Waals surface area contributed by atoms with Gasteiger partial charge in [-0.05, 0) is 44.9 Å². The zero-order valence-electron chi connectivity index (χ0n) is 39.0. The van der Waals surface area contributed by atoms with E-state index in [2.05, 4.69) is 31.3 Å². The number of phosphoric acid groups is 1. The number of amides is 1. The smallest absolute Gasteiger partial charge is 0.268 e. The van der Waals surface area contributed by atoms with Crippen LogP contribution in [0.5, 0.6) is 0 Å². The predicted molar refractivity (Wildman–Crippen MR) is 247 cm³/mol. The van der Waals surface area contributed by atoms with Crippen molar-refractivity contribution >= 4 is 13.7 Å². The second-order valence-electron chi connectivity index (χ2n) is 18.2. The Labute approximate surface area is 360 Å². The van der Waals surface area contributed by atoms with Gasteiger partial charge < -0.3 is 28.8 Å². The van der Waals surface area contributed by atoms with Crippen molar-refractivity contribution in [2.24, 2.45) is 0 Å². The lowest BCUT2D eigenvalue weighted by Gasteiger charge is -2.29. The van der Waals surface area contributed by atoms with E-state index in [0.717, 1.165) is 38.5 Å². The fraction of sp³-hybridized carbons (Fsp3) is 0.898. The van der Waals surface area contributed by atoms with Crippen LogP contribution < -0.4 is 10.2 Å². The largest absolute Gasteiger partial charge is 0.756 e. The van der Waals surface area contributed by atoms with Gasteiger partial charge in [-0.25, -0.2) is 0 Å². The van der Waals surface area contributed by atoms with Gasteiger partial charge in [-0.15, -0.1) is 0 Å². The summed E-state index contributed by atoms with van der Waals surface area (Å²) in [6.07, 6.45) is 49.4. The maximum atomic E-state index is 12.9. The Kier molecular flexibility index (Phi) is 40.6. The Morgan fingerprint density at radius 1 is 0.586 bits per heavy atom. The summed E-state index contributed by atoms with van der Waals surface area (Å²) < 4.78 is 23.3. The van der Waals surface area contributed by atoms with Crippen LogP contribution in [0.15, 0.2) is 24.3 Å². The number of allylic oxidation sites excluding steroid dienone is 3. The van der Waals surface area contributed by atoms with Gasteiger partial charge in [-0.3, -0.25) is 9.36 Å². The van der Waals surface area contributed by atoms with Gasteiger partial charge in [-0.2, -0.15) is 0 Å². The van der Waals surface area contributed by atoms with Crippen molar-refractivity contribution in [1.82, 2.24) is 5.32 Å². The first-order valence-corrected chi connectivity index (χ1v) is 26.2. The summed E-state index contributed by atoms with van der Waals surface area (Å²) in [5, 5.41) is 13.8. The Hall–Kier alpha value is -1.02. The minimum Gasteiger partial charge on any atom is -0.756 e. The van der Waals surface area contributed by atoms with E-state index in [0.29, 0.717) is 17.4 Å². The third kappa shape index (κ3) is 43.1. The minimum atomic E-state index is -4.59. The molecule has 0 aliphatic rings. The third-order valence-corrected chi connectivity index (χ3v) is 12.1. The summed E-state index contributed by atoms with van der Waals surface area (Å²) in [7, 11) is 1.26. The predicted octanol–water partition coefficient (Wildman–Crippen LogP) is 13.5. The molecule has 0 aliphatic carbocycles. The number of nitrogens with zero attached hydrogens (tertiary/aromatic N) is 1. The van der Waals surface area contributed by atoms with Crippen LogP contribution in [-0.4, -0.2) is 68.5 Å². The van der Waals surface area contributed by atoms with E-state index in [9.17, 15) is 19.4 Å². The number of likely N-dealkylation sites (N-methyl/N-ethyl adjacent to an activating group) is 1. The number of phosphoric ester groups is 1. The van der Waals surface area contributed by atoms with Crippen molar-refractivity contribution < 1.29 is 32.9 Å². The van der Waals surface area contributed by atoms with E-state index in [4.69, 9.17) is 9.05 Å². The summed E-state index contributed by atoms with van der Waals surface area (Å²) in [6, 6.07) is -0.886. The number of aliphatic hydroxyl groups excluding tert-OH is 1. The maximum absolute atomic E-state index is 12.9. The van der Waals surface area contributed by atoms with E-state index >= 15 is 0 Å². The monoisotopic (exact) mass is 841 g/mol. The lowest BCUT2D eigenvalue weighted by Crippen LogP contribution is -2.45. The van der Waals surface area contributed by atoms with E-state index in [1.165, 1.54) is 173 Å². The van der Waals surface area contributed by atoms with Crippen LogP contribution in [0.4, 0.5) is 0 Å². The number of nitrogens with one attached hydrogen (secondary N) is 1. The van der Waals surface area contributed by atoms with Crippen molar-refractivity contribution in [1.29, 1.82) is 0 Å². The SMILES string of the molecule is CCCCCC/C=C\CCCCCCCCCC(=O)NC(COP(=O)([O-])OCC[N+](C)(C)C)C(O)/C=C/CCCCCCCCCCCCCCCCCCCCC. The molecule has 3 atom stereocenters. The molecule has 58 heavy (non-hydrogen) atoms. The van der Waals surface area contributed by atoms with Crippen molar-refractivity contribution in [3.05, 3.63) is 24.3 Å². The van der Waals surface area contributed by atoms with Crippen LogP contribution in [0.3, 0.4) is 0 Å². The topological polar surface area (TPSA) is 108 Å². The highest BCUT2D eigenvalue weighted by Gasteiger charge is 2.23. The highest BCUT2D eigenvalue weighted by atomic mass is 31.2. The van der Waals surface area contributed by atoms with Crippen LogP contribution >= 0.6 is 7.82 Å². The second kappa shape index (κ2) is 41.3. The Bertz CT molecular complexity index is 1000. The molecule has 0 aliphatic heterocycles. The molecule has 1 amide bonds. The summed E-state index contributed by atoms with van der Waals surface area (Å²) in [5.41, 5.74) is 0. The highest BCUT2D eigenvalue weighted by molar-refractivity contribution is 7.45. The van der Waals surface area contributed by atoms with Crippen LogP contribution in [-0.2, 0) is 18.4 Å². The maximum Gasteiger partial charge on any atom is 0.268 e. The molecular formula is C49H97N2O6P. The van der Waals surface area contributed by atoms with Gasteiger partial charge in [0.1, 0.15) is 13.2 Å². The fourth-order valence-electron chi connectivity index (χ4n) is 7.21. The molecule has 344 valence electrons. The summed E-state index contributed by atoms with van der Waals surface area (Å²) in [4.78, 5) is 25.3. The summed E-state index contributed by atoms with van der Waals surface area (Å²) >= 11 is 0. The molecule has 8 nitrogen and oxygen atoms in total. The van der Waals surface area contributed by atoms with Crippen molar-refractivity contribution in [2.75, 3.05) is 40.9 Å². The molecule has 9 heteroatoms. The van der Waals surface area contributed by atoms with E-state index in [1.807, 2.05) is 27.2 Å². The van der Waals surface area contributed by atoms with Gasteiger partial charge >= 0.3 is 0 Å². The van der Waals surface area contributed by atoms with Gasteiger partial charge in [0.25, 0.3) is 7.82 Å². The number of unbranched alkanes of at least 4 members (excludes halogenated alkanes) is 30. The number of quaternary nitrogens is 1. The number of hydrogen-bond acceptors (Lipinski definition) is 6. The molecule has 0 aromatic rings. The average molecular weight is 841 g/mol. The molecule has 0 saturated carbocycles. The standard InChI is InChI=1S/C49H97N2O6P/c1-6-8-10-12-14-16-18-20-22-23-24-25-26-27-29-30-32-34-36-38-40-42-48(52)47(46-57-58(54,55)56-45-44-51(3,4)5)50-49(53)43-41-39-37-35-33-31-28-21-19-17-15-13-11-9-7-2/h17,19,40,42,47-48,52H,6-16,18,20-39,41,43-46H2,1-5H3,(H-,50,53,54,55)/b19-17-,42-40+. The molecular weight excluding hydrogens is 744 g/mol. The van der Waals surface area contributed by atoms with E-state index < -0.39 is 20.0 Å². The number of hydrogen-bond donors (Lipinski definition) is 2. The lowest BCUT2D eigenvalue weighted by atomic mass is 10.0. The first-order chi connectivity index (χ1) is 28.0. The van der Waals surface area contributed by atoms with Gasteiger partial charge in [0.15, 0.2) is 0 Å². The molecule has 0 fully saturated rings. The van der Waals surface area contributed by atoms with Gasteiger partial charge in [0, 0.05) is 6.42 Å². The molecule has 0 aromatic carbocycles. The number of rotatable bonds is 45. The summed E-state index contributed by atoms with van der Waals surface area (Å²) in [5.74, 6) is -0.201. The fourth-order valence-corrected chi connectivity index (χ4v) is 7.93. The van der Waals surface area contributed by atoms with Gasteiger partial charge in [0.05, 0.1) is 39.9 Å². The average Bonchev–Trinajstić information content (AvgIpc) is 3.17. The quantitative estimate of drug-likeness (QED) is 0.0274. The molecule has 3 unspecified atom stereocenters. The van der Waals surface area contributed by atoms with Gasteiger partial charge in [0.2, 0.25) is 5.91 Å². The number of aliphatic hydroxyl groups is 1. The molecule has 0 heterocycles. The molecule has 0 saturated heterocycles. The third-order valence-electron chi connectivity index (χ3n) is 11.2. The highest BCUT2D eigenvalue weighted by Crippen LogP contribution is 2.38. The normalized spacial score (nSPS) is 14.4. The van der Waals surface area contributed by atoms with Crippen LogP contribution in [0.2, 0.25) is 0 Å². The first kappa shape index (κ1) is 57.0.